The number of benzene rings is 1. The monoisotopic (exact) mass is 308 g/mol. The van der Waals surface area contributed by atoms with Gasteiger partial charge in [0.2, 0.25) is 5.91 Å². The fraction of sp³-hybridized carbons (Fsp3) is 0.278. The maximum Gasteiger partial charge on any atom is 0.224 e. The highest BCUT2D eigenvalue weighted by Crippen LogP contribution is 2.26. The van der Waals surface area contributed by atoms with Crippen LogP contribution in [0.3, 0.4) is 0 Å². The van der Waals surface area contributed by atoms with Gasteiger partial charge in [0.1, 0.15) is 6.33 Å². The molecule has 1 atom stereocenters. The zero-order valence-corrected chi connectivity index (χ0v) is 13.1. The molecule has 0 fully saturated rings. The van der Waals surface area contributed by atoms with E-state index >= 15 is 0 Å². The van der Waals surface area contributed by atoms with Crippen molar-refractivity contribution in [2.24, 2.45) is 5.73 Å². The Kier molecular flexibility index (Phi) is 4.37. The second-order valence-corrected chi connectivity index (χ2v) is 5.70. The Morgan fingerprint density at radius 3 is 2.70 bits per heavy atom. The largest absolute Gasteiger partial charge is 0.369 e. The molecule has 2 aromatic heterocycles. The first-order valence-electron chi connectivity index (χ1n) is 7.88. The maximum absolute atomic E-state index is 11.7. The number of pyridine rings is 1. The number of hydrogen-bond acceptors (Lipinski definition) is 3. The number of rotatable bonds is 6. The summed E-state index contributed by atoms with van der Waals surface area (Å²) in [5, 5.41) is 4.09. The van der Waals surface area contributed by atoms with E-state index < -0.39 is 0 Å². The van der Waals surface area contributed by atoms with E-state index in [1.54, 1.807) is 4.52 Å². The fourth-order valence-electron chi connectivity index (χ4n) is 2.78. The molecular weight excluding hydrogens is 288 g/mol. The molecule has 0 saturated heterocycles. The smallest absolute Gasteiger partial charge is 0.224 e. The van der Waals surface area contributed by atoms with Gasteiger partial charge in [-0.1, -0.05) is 44.0 Å². The molecule has 1 amide bonds. The first-order valence-corrected chi connectivity index (χ1v) is 7.88. The third kappa shape index (κ3) is 3.23. The van der Waals surface area contributed by atoms with Crippen molar-refractivity contribution in [2.45, 2.75) is 32.1 Å². The number of nitrogens with two attached hydrogens (primary N) is 1. The molecule has 3 rings (SSSR count). The molecule has 0 aliphatic heterocycles. The van der Waals surface area contributed by atoms with E-state index in [1.165, 1.54) is 6.33 Å². The molecule has 0 radical (unpaired) electrons. The summed E-state index contributed by atoms with van der Waals surface area (Å²) < 4.78 is 1.73. The molecule has 5 nitrogen and oxygen atoms in total. The molecule has 0 aliphatic carbocycles. The van der Waals surface area contributed by atoms with Crippen molar-refractivity contribution in [3.8, 4) is 11.1 Å². The summed E-state index contributed by atoms with van der Waals surface area (Å²) in [4.78, 5) is 15.9. The van der Waals surface area contributed by atoms with E-state index in [1.807, 2.05) is 42.6 Å². The van der Waals surface area contributed by atoms with Gasteiger partial charge in [-0.05, 0) is 35.2 Å². The minimum atomic E-state index is -0.254. The molecule has 2 N–H and O–H groups in total. The number of nitrogens with zero attached hydrogens (tertiary/aromatic N) is 3. The van der Waals surface area contributed by atoms with Crippen LogP contribution in [0.2, 0.25) is 0 Å². The predicted octanol–water partition coefficient (Wildman–Crippen LogP) is 3.16. The van der Waals surface area contributed by atoms with Crippen LogP contribution in [-0.2, 0) is 4.79 Å². The lowest BCUT2D eigenvalue weighted by atomic mass is 9.91. The topological polar surface area (TPSA) is 73.3 Å². The van der Waals surface area contributed by atoms with Crippen molar-refractivity contribution in [1.82, 2.24) is 14.6 Å². The van der Waals surface area contributed by atoms with Gasteiger partial charge < -0.3 is 5.73 Å². The quantitative estimate of drug-likeness (QED) is 0.760. The van der Waals surface area contributed by atoms with Crippen molar-refractivity contribution in [2.75, 3.05) is 0 Å². The summed E-state index contributed by atoms with van der Waals surface area (Å²) in [5.41, 5.74) is 9.50. The van der Waals surface area contributed by atoms with Crippen molar-refractivity contribution < 1.29 is 4.79 Å². The average Bonchev–Trinajstić information content (AvgIpc) is 3.03. The number of amides is 1. The van der Waals surface area contributed by atoms with Crippen molar-refractivity contribution in [3.63, 3.8) is 0 Å². The van der Waals surface area contributed by atoms with Crippen LogP contribution in [0.4, 0.5) is 0 Å². The Morgan fingerprint density at radius 1 is 1.22 bits per heavy atom. The second kappa shape index (κ2) is 6.60. The van der Waals surface area contributed by atoms with Gasteiger partial charge in [-0.2, -0.15) is 5.10 Å². The average molecular weight is 308 g/mol. The Hall–Kier alpha value is -2.69. The zero-order valence-electron chi connectivity index (χ0n) is 13.1. The Bertz CT molecular complexity index is 807. The van der Waals surface area contributed by atoms with Crippen LogP contribution in [0.5, 0.6) is 0 Å². The van der Waals surface area contributed by atoms with Gasteiger partial charge in [0.25, 0.3) is 0 Å². The molecule has 0 aliphatic rings. The molecule has 0 spiro atoms. The summed E-state index contributed by atoms with van der Waals surface area (Å²) >= 11 is 0. The summed E-state index contributed by atoms with van der Waals surface area (Å²) in [5.74, 6) is -0.459. The van der Waals surface area contributed by atoms with E-state index in [0.29, 0.717) is 0 Å². The fourth-order valence-corrected chi connectivity index (χ4v) is 2.78. The van der Waals surface area contributed by atoms with Crippen molar-refractivity contribution >= 4 is 11.6 Å². The molecule has 0 saturated carbocycles. The van der Waals surface area contributed by atoms with Gasteiger partial charge in [-0.3, -0.25) is 4.79 Å². The lowest BCUT2D eigenvalue weighted by Gasteiger charge is -2.14. The van der Waals surface area contributed by atoms with Gasteiger partial charge >= 0.3 is 0 Å². The lowest BCUT2D eigenvalue weighted by Crippen LogP contribution is -2.21. The maximum atomic E-state index is 11.7. The number of hydrogen-bond donors (Lipinski definition) is 1. The van der Waals surface area contributed by atoms with Gasteiger partial charge in [-0.15, -0.1) is 0 Å². The molecule has 1 unspecified atom stereocenters. The lowest BCUT2D eigenvalue weighted by molar-refractivity contribution is -0.119. The molecule has 1 aromatic carbocycles. The van der Waals surface area contributed by atoms with Crippen LogP contribution >= 0.6 is 0 Å². The Morgan fingerprint density at radius 2 is 2.00 bits per heavy atom. The third-order valence-electron chi connectivity index (χ3n) is 4.12. The summed E-state index contributed by atoms with van der Waals surface area (Å²) in [6.07, 6.45) is 6.28. The summed E-state index contributed by atoms with van der Waals surface area (Å²) in [6, 6.07) is 12.0. The van der Waals surface area contributed by atoms with Gasteiger partial charge in [-0.25, -0.2) is 9.50 Å². The minimum absolute atomic E-state index is 0.206. The first kappa shape index (κ1) is 15.2. The Balaban J connectivity index is 1.86. The van der Waals surface area contributed by atoms with Crippen molar-refractivity contribution in [1.29, 1.82) is 0 Å². The van der Waals surface area contributed by atoms with Crippen LogP contribution in [0, 0.1) is 0 Å². The normalized spacial score (nSPS) is 12.4. The van der Waals surface area contributed by atoms with Gasteiger partial charge in [0.15, 0.2) is 5.65 Å². The van der Waals surface area contributed by atoms with E-state index in [0.717, 1.165) is 41.6 Å². The van der Waals surface area contributed by atoms with Crippen LogP contribution in [0.25, 0.3) is 16.8 Å². The zero-order chi connectivity index (χ0) is 16.2. The molecule has 23 heavy (non-hydrogen) atoms. The molecular formula is C18H20N4O. The van der Waals surface area contributed by atoms with E-state index in [4.69, 9.17) is 5.73 Å². The van der Waals surface area contributed by atoms with E-state index in [2.05, 4.69) is 17.0 Å². The summed E-state index contributed by atoms with van der Waals surface area (Å²) in [7, 11) is 0. The molecule has 5 heteroatoms. The van der Waals surface area contributed by atoms with Gasteiger partial charge in [0, 0.05) is 6.20 Å². The third-order valence-corrected chi connectivity index (χ3v) is 4.12. The highest BCUT2D eigenvalue weighted by atomic mass is 16.1. The van der Waals surface area contributed by atoms with Crippen LogP contribution in [0.15, 0.2) is 48.9 Å². The predicted molar refractivity (Wildman–Crippen MR) is 89.9 cm³/mol. The highest BCUT2D eigenvalue weighted by Gasteiger charge is 2.17. The molecule has 0 bridgehead atoms. The van der Waals surface area contributed by atoms with Crippen molar-refractivity contribution in [3.05, 3.63) is 54.5 Å². The van der Waals surface area contributed by atoms with E-state index in [-0.39, 0.29) is 11.8 Å². The highest BCUT2D eigenvalue weighted by molar-refractivity contribution is 5.82. The SMILES string of the molecule is CCCCC(C(N)=O)c1ccc(-c2ccn3ncnc3c2)cc1. The van der Waals surface area contributed by atoms with E-state index in [9.17, 15) is 4.79 Å². The molecule has 3 aromatic rings. The number of primary amides is 1. The minimum Gasteiger partial charge on any atom is -0.369 e. The van der Waals surface area contributed by atoms with Gasteiger partial charge in [0.05, 0.1) is 5.92 Å². The summed E-state index contributed by atoms with van der Waals surface area (Å²) in [6.45, 7) is 2.11. The molecule has 2 heterocycles. The second-order valence-electron chi connectivity index (χ2n) is 5.70. The first-order chi connectivity index (χ1) is 11.2. The number of carbonyl (C=O) groups excluding carboxylic acids is 1. The standard InChI is InChI=1S/C18H20N4O/c1-2-3-4-16(18(19)23)14-7-5-13(6-8-14)15-9-10-22-17(11-15)20-12-21-22/h5-12,16H,2-4H2,1H3,(H2,19,23). The van der Waals surface area contributed by atoms with Crippen LogP contribution in [-0.4, -0.2) is 20.5 Å². The Labute approximate surface area is 135 Å². The number of fused-ring (bicyclic) bond motifs is 1. The molecule has 118 valence electrons. The number of aromatic nitrogens is 3. The van der Waals surface area contributed by atoms with Crippen LogP contribution in [0.1, 0.15) is 37.7 Å². The number of carbonyl (C=O) groups is 1. The van der Waals surface area contributed by atoms with Crippen LogP contribution < -0.4 is 5.73 Å². The number of unbranched alkanes of at least 4 members (excludes halogenated alkanes) is 1.